The Labute approximate surface area is 196 Å². The van der Waals surface area contributed by atoms with Crippen LogP contribution >= 0.6 is 11.3 Å². The van der Waals surface area contributed by atoms with Crippen molar-refractivity contribution in [3.63, 3.8) is 0 Å². The number of H-pyrrole nitrogens is 1. The largest absolute Gasteiger partial charge is 0.338 e. The molecule has 6 nitrogen and oxygen atoms in total. The molecule has 0 bridgehead atoms. The van der Waals surface area contributed by atoms with Gasteiger partial charge < -0.3 is 15.6 Å². The van der Waals surface area contributed by atoms with Crippen LogP contribution in [0.5, 0.6) is 0 Å². The summed E-state index contributed by atoms with van der Waals surface area (Å²) in [7, 11) is 0. The number of nitrogens with one attached hydrogen (secondary N) is 3. The maximum Gasteiger partial charge on any atom is 0.256 e. The summed E-state index contributed by atoms with van der Waals surface area (Å²) in [5, 5.41) is 9.68. The molecular weight excluding hydrogens is 432 g/mol. The van der Waals surface area contributed by atoms with E-state index in [1.54, 1.807) is 6.07 Å². The average molecular weight is 459 g/mol. The van der Waals surface area contributed by atoms with Crippen molar-refractivity contribution in [3.8, 4) is 11.4 Å². The Kier molecular flexibility index (Phi) is 5.96. The second-order valence-electron chi connectivity index (χ2n) is 8.81. The van der Waals surface area contributed by atoms with Gasteiger partial charge in [0.05, 0.1) is 16.6 Å². The van der Waals surface area contributed by atoms with E-state index < -0.39 is 0 Å². The van der Waals surface area contributed by atoms with Gasteiger partial charge in [-0.05, 0) is 85.5 Å². The van der Waals surface area contributed by atoms with Gasteiger partial charge in [-0.15, -0.1) is 0 Å². The summed E-state index contributed by atoms with van der Waals surface area (Å²) >= 11 is 1.49. The predicted octanol–water partition coefficient (Wildman–Crippen LogP) is 6.31. The molecule has 4 aromatic rings. The Bertz CT molecular complexity index is 1270. The van der Waals surface area contributed by atoms with Crippen molar-refractivity contribution in [2.24, 2.45) is 11.8 Å². The molecule has 0 radical (unpaired) electrons. The lowest BCUT2D eigenvalue weighted by atomic mass is 9.82. The van der Waals surface area contributed by atoms with Crippen molar-refractivity contribution < 1.29 is 9.59 Å². The van der Waals surface area contributed by atoms with Gasteiger partial charge in [-0.1, -0.05) is 6.92 Å². The zero-order valence-electron chi connectivity index (χ0n) is 18.4. The minimum Gasteiger partial charge on any atom is -0.338 e. The number of aromatic amines is 1. The second-order valence-corrected chi connectivity index (χ2v) is 9.59. The van der Waals surface area contributed by atoms with Crippen LogP contribution in [0.1, 0.15) is 43.0 Å². The molecule has 2 heterocycles. The highest BCUT2D eigenvalue weighted by Gasteiger charge is 2.24. The van der Waals surface area contributed by atoms with Crippen molar-refractivity contribution in [3.05, 3.63) is 64.9 Å². The van der Waals surface area contributed by atoms with E-state index in [-0.39, 0.29) is 17.7 Å². The first kappa shape index (κ1) is 21.4. The normalized spacial score (nSPS) is 18.2. The monoisotopic (exact) mass is 458 g/mol. The third-order valence-corrected chi connectivity index (χ3v) is 7.02. The average Bonchev–Trinajstić information content (AvgIpc) is 3.50. The Hall–Kier alpha value is -3.45. The van der Waals surface area contributed by atoms with E-state index in [2.05, 4.69) is 27.5 Å². The van der Waals surface area contributed by atoms with E-state index in [0.29, 0.717) is 11.3 Å². The number of fused-ring (bicyclic) bond motifs is 1. The number of carbonyl (C=O) groups is 2. The third-order valence-electron chi connectivity index (χ3n) is 6.34. The number of hydrogen-bond acceptors (Lipinski definition) is 4. The van der Waals surface area contributed by atoms with E-state index in [4.69, 9.17) is 0 Å². The minimum atomic E-state index is -0.129. The van der Waals surface area contributed by atoms with Crippen molar-refractivity contribution >= 4 is 45.6 Å². The number of nitrogens with zero attached hydrogens (tertiary/aromatic N) is 1. The molecule has 1 saturated carbocycles. The van der Waals surface area contributed by atoms with Crippen LogP contribution in [0.2, 0.25) is 0 Å². The Morgan fingerprint density at radius 2 is 1.73 bits per heavy atom. The van der Waals surface area contributed by atoms with Gasteiger partial charge >= 0.3 is 0 Å². The number of anilines is 2. The zero-order valence-corrected chi connectivity index (χ0v) is 19.2. The molecule has 5 rings (SSSR count). The van der Waals surface area contributed by atoms with Crippen LogP contribution in [0.4, 0.5) is 11.4 Å². The molecule has 2 aromatic carbocycles. The minimum absolute atomic E-state index is 0.116. The van der Waals surface area contributed by atoms with E-state index in [1.165, 1.54) is 11.3 Å². The van der Waals surface area contributed by atoms with Crippen molar-refractivity contribution in [1.82, 2.24) is 9.97 Å². The summed E-state index contributed by atoms with van der Waals surface area (Å²) in [5.41, 5.74) is 4.76. The molecular formula is C26H26N4O2S. The quantitative estimate of drug-likeness (QED) is 0.328. The molecule has 33 heavy (non-hydrogen) atoms. The van der Waals surface area contributed by atoms with Crippen LogP contribution < -0.4 is 10.6 Å². The van der Waals surface area contributed by atoms with Gasteiger partial charge in [-0.3, -0.25) is 9.59 Å². The molecule has 168 valence electrons. The van der Waals surface area contributed by atoms with Crippen molar-refractivity contribution in [2.45, 2.75) is 32.6 Å². The molecule has 7 heteroatoms. The molecule has 3 N–H and O–H groups in total. The molecule has 0 atom stereocenters. The van der Waals surface area contributed by atoms with Crippen LogP contribution in [-0.2, 0) is 4.79 Å². The molecule has 1 fully saturated rings. The van der Waals surface area contributed by atoms with E-state index in [9.17, 15) is 9.59 Å². The maximum absolute atomic E-state index is 12.6. The summed E-state index contributed by atoms with van der Waals surface area (Å²) in [6.45, 7) is 2.26. The van der Waals surface area contributed by atoms with Gasteiger partial charge in [-0.2, -0.15) is 11.3 Å². The first-order valence-corrected chi connectivity index (χ1v) is 12.2. The number of imidazole rings is 1. The zero-order chi connectivity index (χ0) is 22.8. The standard InChI is InChI=1S/C26H26N4O2S/c1-16-2-4-18(5-3-16)25(31)27-20-8-6-17(7-9-20)24-29-22-11-10-21(14-23(22)30-24)28-26(32)19-12-13-33-15-19/h6-16,18H,2-5H2,1H3,(H,27,31)(H,28,32)(H,29,30). The summed E-state index contributed by atoms with van der Waals surface area (Å²) in [6.07, 6.45) is 4.20. The Balaban J connectivity index is 1.27. The molecule has 2 amide bonds. The van der Waals surface area contributed by atoms with Gasteiger partial charge in [0.15, 0.2) is 0 Å². The fraction of sp³-hybridized carbons (Fsp3) is 0.269. The van der Waals surface area contributed by atoms with E-state index >= 15 is 0 Å². The lowest BCUT2D eigenvalue weighted by molar-refractivity contribution is -0.121. The molecule has 2 aromatic heterocycles. The number of rotatable bonds is 5. The Morgan fingerprint density at radius 1 is 0.970 bits per heavy atom. The summed E-state index contributed by atoms with van der Waals surface area (Å²) in [6, 6.07) is 15.2. The second kappa shape index (κ2) is 9.19. The molecule has 1 aliphatic carbocycles. The highest BCUT2D eigenvalue weighted by Crippen LogP contribution is 2.30. The van der Waals surface area contributed by atoms with E-state index in [0.717, 1.165) is 59.7 Å². The highest BCUT2D eigenvalue weighted by atomic mass is 32.1. The number of hydrogen-bond donors (Lipinski definition) is 3. The Morgan fingerprint density at radius 3 is 2.45 bits per heavy atom. The smallest absolute Gasteiger partial charge is 0.256 e. The molecule has 0 saturated heterocycles. The van der Waals surface area contributed by atoms with E-state index in [1.807, 2.05) is 53.2 Å². The van der Waals surface area contributed by atoms with Crippen molar-refractivity contribution in [1.29, 1.82) is 0 Å². The summed E-state index contributed by atoms with van der Waals surface area (Å²) in [4.78, 5) is 32.9. The number of amides is 2. The fourth-order valence-corrected chi connectivity index (χ4v) is 4.94. The third kappa shape index (κ3) is 4.83. The SMILES string of the molecule is CC1CCC(C(=O)Nc2ccc(-c3nc4ccc(NC(=O)c5ccsc5)cc4[nH]3)cc2)CC1. The van der Waals surface area contributed by atoms with Gasteiger partial charge in [-0.25, -0.2) is 4.98 Å². The number of aromatic nitrogens is 2. The fourth-order valence-electron chi connectivity index (χ4n) is 4.30. The lowest BCUT2D eigenvalue weighted by Gasteiger charge is -2.25. The lowest BCUT2D eigenvalue weighted by Crippen LogP contribution is -2.26. The number of benzene rings is 2. The number of thiophene rings is 1. The predicted molar refractivity (Wildman–Crippen MR) is 134 cm³/mol. The van der Waals surface area contributed by atoms with Crippen molar-refractivity contribution in [2.75, 3.05) is 10.6 Å². The molecule has 1 aliphatic rings. The summed E-state index contributed by atoms with van der Waals surface area (Å²) in [5.74, 6) is 1.58. The van der Waals surface area contributed by atoms with Gasteiger partial charge in [0.25, 0.3) is 5.91 Å². The first-order chi connectivity index (χ1) is 16.0. The summed E-state index contributed by atoms with van der Waals surface area (Å²) < 4.78 is 0. The van der Waals surface area contributed by atoms with Gasteiger partial charge in [0.2, 0.25) is 5.91 Å². The van der Waals surface area contributed by atoms with Gasteiger partial charge in [0, 0.05) is 28.2 Å². The van der Waals surface area contributed by atoms with Crippen LogP contribution in [0.25, 0.3) is 22.4 Å². The molecule has 0 unspecified atom stereocenters. The topological polar surface area (TPSA) is 86.9 Å². The van der Waals surface area contributed by atoms with Crippen LogP contribution in [-0.4, -0.2) is 21.8 Å². The molecule has 0 aliphatic heterocycles. The number of carbonyl (C=O) groups excluding carboxylic acids is 2. The highest BCUT2D eigenvalue weighted by molar-refractivity contribution is 7.08. The van der Waals surface area contributed by atoms with Crippen LogP contribution in [0, 0.1) is 11.8 Å². The maximum atomic E-state index is 12.6. The van der Waals surface area contributed by atoms with Crippen LogP contribution in [0.15, 0.2) is 59.3 Å². The first-order valence-electron chi connectivity index (χ1n) is 11.3. The van der Waals surface area contributed by atoms with Gasteiger partial charge in [0.1, 0.15) is 5.82 Å². The molecule has 0 spiro atoms. The van der Waals surface area contributed by atoms with Crippen LogP contribution in [0.3, 0.4) is 0 Å².